The summed E-state index contributed by atoms with van der Waals surface area (Å²) in [6.45, 7) is 5.93. The Morgan fingerprint density at radius 1 is 1.14 bits per heavy atom. The average Bonchev–Trinajstić information content (AvgIpc) is 2.52. The summed E-state index contributed by atoms with van der Waals surface area (Å²) < 4.78 is 6.00. The van der Waals surface area contributed by atoms with Gasteiger partial charge in [-0.1, -0.05) is 60.7 Å². The van der Waals surface area contributed by atoms with E-state index in [1.165, 1.54) is 0 Å². The van der Waals surface area contributed by atoms with Gasteiger partial charge in [-0.3, -0.25) is 4.79 Å². The van der Waals surface area contributed by atoms with E-state index < -0.39 is 0 Å². The van der Waals surface area contributed by atoms with Crippen LogP contribution in [0.25, 0.3) is 0 Å². The Morgan fingerprint density at radius 2 is 1.81 bits per heavy atom. The fourth-order valence-corrected chi connectivity index (χ4v) is 2.16. The van der Waals surface area contributed by atoms with Gasteiger partial charge in [0.25, 0.3) is 0 Å². The molecule has 2 heteroatoms. The highest BCUT2D eigenvalue weighted by Gasteiger charge is 2.11. The molecule has 0 aliphatic rings. The van der Waals surface area contributed by atoms with Gasteiger partial charge in [0.05, 0.1) is 12.7 Å². The molecule has 0 bridgehead atoms. The summed E-state index contributed by atoms with van der Waals surface area (Å²) in [4.78, 5) is 11.3. The molecule has 0 radical (unpaired) electrons. The molecule has 0 saturated carbocycles. The summed E-state index contributed by atoms with van der Waals surface area (Å²) in [6, 6.07) is 17.7. The van der Waals surface area contributed by atoms with E-state index in [9.17, 15) is 4.79 Å². The fourth-order valence-electron chi connectivity index (χ4n) is 2.16. The third kappa shape index (κ3) is 4.40. The van der Waals surface area contributed by atoms with Gasteiger partial charge in [0.2, 0.25) is 0 Å². The quantitative estimate of drug-likeness (QED) is 0.541. The van der Waals surface area contributed by atoms with Crippen LogP contribution in [0.3, 0.4) is 0 Å². The number of Topliss-reactive ketones (excluding diaryl/α,β-unsaturated/α-hetero) is 1. The molecule has 0 fully saturated rings. The van der Waals surface area contributed by atoms with Gasteiger partial charge in [-0.2, -0.15) is 0 Å². The lowest BCUT2D eigenvalue weighted by Gasteiger charge is -2.17. The standard InChI is InChI=1S/C19H20O2/c1-3-7-19(21-14-16-8-5-4-6-9-16)18-12-10-17(11-13-18)15(2)20/h3-6,8-13,19H,1,7,14H2,2H3. The normalized spacial score (nSPS) is 11.9. The number of hydrogen-bond acceptors (Lipinski definition) is 2. The number of carbonyl (C=O) groups excluding carboxylic acids is 1. The van der Waals surface area contributed by atoms with Crippen LogP contribution >= 0.6 is 0 Å². The van der Waals surface area contributed by atoms with E-state index in [0.717, 1.165) is 23.1 Å². The predicted molar refractivity (Wildman–Crippen MR) is 85.2 cm³/mol. The van der Waals surface area contributed by atoms with Crippen molar-refractivity contribution in [2.45, 2.75) is 26.1 Å². The minimum absolute atomic E-state index is 0.0382. The van der Waals surface area contributed by atoms with Crippen LogP contribution in [0.2, 0.25) is 0 Å². The number of ether oxygens (including phenoxy) is 1. The van der Waals surface area contributed by atoms with Crippen molar-refractivity contribution in [1.82, 2.24) is 0 Å². The largest absolute Gasteiger partial charge is 0.369 e. The zero-order valence-electron chi connectivity index (χ0n) is 12.3. The van der Waals surface area contributed by atoms with Gasteiger partial charge in [0, 0.05) is 5.56 Å². The minimum atomic E-state index is -0.0382. The summed E-state index contributed by atoms with van der Waals surface area (Å²) in [5, 5.41) is 0. The molecule has 0 aliphatic heterocycles. The lowest BCUT2D eigenvalue weighted by atomic mass is 10.0. The molecule has 2 rings (SSSR count). The Bertz CT molecular complexity index is 585. The Morgan fingerprint density at radius 3 is 2.38 bits per heavy atom. The molecule has 2 aromatic rings. The first-order valence-corrected chi connectivity index (χ1v) is 7.08. The predicted octanol–water partition coefficient (Wildman–Crippen LogP) is 4.72. The van der Waals surface area contributed by atoms with Crippen molar-refractivity contribution < 1.29 is 9.53 Å². The third-order valence-corrected chi connectivity index (χ3v) is 3.36. The van der Waals surface area contributed by atoms with E-state index in [2.05, 4.69) is 6.58 Å². The first-order valence-electron chi connectivity index (χ1n) is 7.08. The molecule has 0 saturated heterocycles. The van der Waals surface area contributed by atoms with E-state index in [1.807, 2.05) is 60.7 Å². The summed E-state index contributed by atoms with van der Waals surface area (Å²) in [5.74, 6) is 0.0759. The first kappa shape index (κ1) is 15.2. The summed E-state index contributed by atoms with van der Waals surface area (Å²) in [5.41, 5.74) is 2.93. The second kappa shape index (κ2) is 7.55. The van der Waals surface area contributed by atoms with Gasteiger partial charge >= 0.3 is 0 Å². The second-order valence-electron chi connectivity index (χ2n) is 4.99. The number of hydrogen-bond donors (Lipinski definition) is 0. The zero-order chi connectivity index (χ0) is 15.1. The monoisotopic (exact) mass is 280 g/mol. The van der Waals surface area contributed by atoms with Crippen molar-refractivity contribution in [3.05, 3.63) is 83.9 Å². The first-order chi connectivity index (χ1) is 10.2. The maximum Gasteiger partial charge on any atom is 0.159 e. The van der Waals surface area contributed by atoms with Gasteiger partial charge in [0.15, 0.2) is 5.78 Å². The molecule has 0 spiro atoms. The molecule has 0 heterocycles. The molecular weight excluding hydrogens is 260 g/mol. The smallest absolute Gasteiger partial charge is 0.159 e. The van der Waals surface area contributed by atoms with Crippen LogP contribution in [0.15, 0.2) is 67.3 Å². The van der Waals surface area contributed by atoms with Crippen LogP contribution in [0.1, 0.15) is 40.9 Å². The SMILES string of the molecule is C=CCC(OCc1ccccc1)c1ccc(C(C)=O)cc1. The molecular formula is C19H20O2. The number of ketones is 1. The van der Waals surface area contributed by atoms with E-state index >= 15 is 0 Å². The molecule has 1 unspecified atom stereocenters. The average molecular weight is 280 g/mol. The summed E-state index contributed by atoms with van der Waals surface area (Å²) >= 11 is 0. The van der Waals surface area contributed by atoms with E-state index in [0.29, 0.717) is 6.61 Å². The number of rotatable bonds is 7. The highest BCUT2D eigenvalue weighted by Crippen LogP contribution is 2.23. The van der Waals surface area contributed by atoms with Crippen molar-refractivity contribution in [1.29, 1.82) is 0 Å². The Balaban J connectivity index is 2.07. The molecule has 2 nitrogen and oxygen atoms in total. The molecule has 2 aromatic carbocycles. The molecule has 0 aromatic heterocycles. The van der Waals surface area contributed by atoms with Crippen LogP contribution in [-0.4, -0.2) is 5.78 Å². The van der Waals surface area contributed by atoms with E-state index in [4.69, 9.17) is 4.74 Å². The van der Waals surface area contributed by atoms with Gasteiger partial charge in [0.1, 0.15) is 0 Å². The molecule has 1 atom stereocenters. The fraction of sp³-hybridized carbons (Fsp3) is 0.211. The van der Waals surface area contributed by atoms with Crippen molar-refractivity contribution in [2.24, 2.45) is 0 Å². The van der Waals surface area contributed by atoms with Crippen molar-refractivity contribution in [3.63, 3.8) is 0 Å². The summed E-state index contributed by atoms with van der Waals surface area (Å²) in [7, 11) is 0. The molecule has 0 N–H and O–H groups in total. The zero-order valence-corrected chi connectivity index (χ0v) is 12.3. The van der Waals surface area contributed by atoms with Crippen LogP contribution in [0.4, 0.5) is 0 Å². The van der Waals surface area contributed by atoms with Crippen molar-refractivity contribution in [2.75, 3.05) is 0 Å². The number of benzene rings is 2. The molecule has 21 heavy (non-hydrogen) atoms. The Hall–Kier alpha value is -2.19. The Kier molecular flexibility index (Phi) is 5.47. The van der Waals surface area contributed by atoms with Gasteiger partial charge < -0.3 is 4.74 Å². The molecule has 0 amide bonds. The van der Waals surface area contributed by atoms with Crippen molar-refractivity contribution >= 4 is 5.78 Å². The van der Waals surface area contributed by atoms with E-state index in [1.54, 1.807) is 6.92 Å². The van der Waals surface area contributed by atoms with Crippen LogP contribution in [0, 0.1) is 0 Å². The molecule has 108 valence electrons. The third-order valence-electron chi connectivity index (χ3n) is 3.36. The highest BCUT2D eigenvalue weighted by atomic mass is 16.5. The highest BCUT2D eigenvalue weighted by molar-refractivity contribution is 5.94. The Labute approximate surface area is 126 Å². The second-order valence-corrected chi connectivity index (χ2v) is 4.99. The van der Waals surface area contributed by atoms with Crippen LogP contribution < -0.4 is 0 Å². The molecule has 0 aliphatic carbocycles. The topological polar surface area (TPSA) is 26.3 Å². The van der Waals surface area contributed by atoms with Gasteiger partial charge in [-0.25, -0.2) is 0 Å². The maximum atomic E-state index is 11.3. The summed E-state index contributed by atoms with van der Waals surface area (Å²) in [6.07, 6.45) is 2.56. The van der Waals surface area contributed by atoms with E-state index in [-0.39, 0.29) is 11.9 Å². The lowest BCUT2D eigenvalue weighted by Crippen LogP contribution is -2.04. The maximum absolute atomic E-state index is 11.3. The van der Waals surface area contributed by atoms with Gasteiger partial charge in [-0.15, -0.1) is 6.58 Å². The van der Waals surface area contributed by atoms with Crippen LogP contribution in [-0.2, 0) is 11.3 Å². The van der Waals surface area contributed by atoms with Crippen molar-refractivity contribution in [3.8, 4) is 0 Å². The minimum Gasteiger partial charge on any atom is -0.369 e. The lowest BCUT2D eigenvalue weighted by molar-refractivity contribution is 0.0417. The number of carbonyl (C=O) groups is 1. The van der Waals surface area contributed by atoms with Gasteiger partial charge in [-0.05, 0) is 24.5 Å². The van der Waals surface area contributed by atoms with Crippen LogP contribution in [0.5, 0.6) is 0 Å².